The first kappa shape index (κ1) is 25.0. The predicted molar refractivity (Wildman–Crippen MR) is 133 cm³/mol. The lowest BCUT2D eigenvalue weighted by Crippen LogP contribution is -2.47. The van der Waals surface area contributed by atoms with Gasteiger partial charge in [-0.2, -0.15) is 0 Å². The molecule has 2 heterocycles. The molecule has 10 nitrogen and oxygen atoms in total. The third-order valence-electron chi connectivity index (χ3n) is 5.91. The van der Waals surface area contributed by atoms with Gasteiger partial charge in [-0.25, -0.2) is 9.18 Å². The standard InChI is InChI=1S/C23H33FN8O2/c1-28-12-14(11-25)16-9-18(24)21(10-19(16)26)31-22(27)17-13-32(23(33)29-2)6-3-20(17)30-15-4-7-34-8-5-15/h9-12,15,25,28,30H,3-8,13,26H2,1-2H3,(H2,27,31)(H,29,33)/b14-12+,25-11?. The highest BCUT2D eigenvalue weighted by molar-refractivity contribution is 6.11. The van der Waals surface area contributed by atoms with E-state index in [0.29, 0.717) is 42.9 Å². The van der Waals surface area contributed by atoms with Gasteiger partial charge in [0.2, 0.25) is 0 Å². The number of nitrogens with two attached hydrogens (primary N) is 1. The van der Waals surface area contributed by atoms with Crippen molar-refractivity contribution in [3.63, 3.8) is 0 Å². The lowest BCUT2D eigenvalue weighted by Gasteiger charge is -2.34. The summed E-state index contributed by atoms with van der Waals surface area (Å²) in [5.74, 6) is -0.608. The van der Waals surface area contributed by atoms with Gasteiger partial charge in [0.25, 0.3) is 0 Å². The van der Waals surface area contributed by atoms with Crippen LogP contribution in [0.5, 0.6) is 0 Å². The molecule has 1 aromatic rings. The van der Waals surface area contributed by atoms with Gasteiger partial charge in [-0.15, -0.1) is 0 Å². The lowest BCUT2D eigenvalue weighted by atomic mass is 10.0. The molecule has 0 unspecified atom stereocenters. The molecule has 8 N–H and O–H groups in total. The lowest BCUT2D eigenvalue weighted by molar-refractivity contribution is 0.0798. The molecular formula is C23H33FN8O2. The van der Waals surface area contributed by atoms with E-state index in [-0.39, 0.29) is 35.8 Å². The summed E-state index contributed by atoms with van der Waals surface area (Å²) >= 11 is 0. The zero-order chi connectivity index (χ0) is 24.7. The summed E-state index contributed by atoms with van der Waals surface area (Å²) in [5.41, 5.74) is 8.73. The second kappa shape index (κ2) is 11.5. The molecule has 11 heteroatoms. The van der Waals surface area contributed by atoms with Crippen LogP contribution in [-0.2, 0) is 4.74 Å². The topological polar surface area (TPSA) is 151 Å². The van der Waals surface area contributed by atoms with E-state index in [4.69, 9.17) is 21.3 Å². The highest BCUT2D eigenvalue weighted by atomic mass is 19.1. The third kappa shape index (κ3) is 5.84. The second-order valence-electron chi connectivity index (χ2n) is 8.17. The largest absolute Gasteiger partial charge is 0.398 e. The Morgan fingerprint density at radius 3 is 2.68 bits per heavy atom. The fourth-order valence-corrected chi connectivity index (χ4v) is 4.07. The smallest absolute Gasteiger partial charge is 0.317 e. The van der Waals surface area contributed by atoms with Crippen molar-refractivity contribution in [3.8, 4) is 0 Å². The number of nitrogens with one attached hydrogen (secondary N) is 6. The fourth-order valence-electron chi connectivity index (χ4n) is 4.07. The molecule has 0 radical (unpaired) electrons. The molecule has 1 fully saturated rings. The van der Waals surface area contributed by atoms with Crippen molar-refractivity contribution in [2.75, 3.05) is 51.4 Å². The minimum atomic E-state index is -0.601. The van der Waals surface area contributed by atoms with Crippen LogP contribution in [0.15, 0.2) is 29.6 Å². The van der Waals surface area contributed by atoms with Gasteiger partial charge in [-0.1, -0.05) is 0 Å². The van der Waals surface area contributed by atoms with Crippen molar-refractivity contribution in [1.29, 1.82) is 10.8 Å². The molecule has 0 saturated carbocycles. The fraction of sp³-hybridized carbons (Fsp3) is 0.435. The first-order valence-electron chi connectivity index (χ1n) is 11.2. The number of amidine groups is 1. The zero-order valence-electron chi connectivity index (χ0n) is 19.6. The molecule has 0 atom stereocenters. The molecule has 2 aliphatic heterocycles. The molecule has 0 aliphatic carbocycles. The summed E-state index contributed by atoms with van der Waals surface area (Å²) in [6, 6.07) is 2.65. The van der Waals surface area contributed by atoms with E-state index >= 15 is 0 Å². The first-order valence-corrected chi connectivity index (χ1v) is 11.2. The number of urea groups is 1. The minimum Gasteiger partial charge on any atom is -0.398 e. The van der Waals surface area contributed by atoms with Crippen molar-refractivity contribution in [1.82, 2.24) is 20.9 Å². The first-order chi connectivity index (χ1) is 16.4. The number of nitrogen functional groups attached to an aromatic ring is 1. The van der Waals surface area contributed by atoms with E-state index in [9.17, 15) is 9.18 Å². The van der Waals surface area contributed by atoms with Crippen molar-refractivity contribution in [3.05, 3.63) is 41.0 Å². The molecule has 184 valence electrons. The number of hydrogen-bond donors (Lipinski definition) is 7. The van der Waals surface area contributed by atoms with Gasteiger partial charge in [0.1, 0.15) is 11.7 Å². The molecule has 0 spiro atoms. The number of anilines is 2. The van der Waals surface area contributed by atoms with Crippen LogP contribution in [0, 0.1) is 16.6 Å². The van der Waals surface area contributed by atoms with Crippen LogP contribution >= 0.6 is 0 Å². The predicted octanol–water partition coefficient (Wildman–Crippen LogP) is 2.07. The molecule has 1 saturated heterocycles. The van der Waals surface area contributed by atoms with Crippen molar-refractivity contribution < 1.29 is 13.9 Å². The summed E-state index contributed by atoms with van der Waals surface area (Å²) in [7, 11) is 3.25. The van der Waals surface area contributed by atoms with Gasteiger partial charge in [-0.3, -0.25) is 5.41 Å². The highest BCUT2D eigenvalue weighted by Gasteiger charge is 2.27. The number of rotatable bonds is 7. The SMILES string of the molecule is CN/C=C(\C=N)c1cc(F)c(NC(=N)C2=C(NC3CCOCC3)CCN(C(=O)NC)C2)cc1N. The molecule has 3 rings (SSSR count). The van der Waals surface area contributed by atoms with E-state index in [0.717, 1.165) is 24.8 Å². The quantitative estimate of drug-likeness (QED) is 0.183. The van der Waals surface area contributed by atoms with E-state index in [1.54, 1.807) is 25.2 Å². The van der Waals surface area contributed by atoms with Gasteiger partial charge in [0.05, 0.1) is 12.2 Å². The number of ether oxygens (including phenoxy) is 1. The molecule has 34 heavy (non-hydrogen) atoms. The average molecular weight is 473 g/mol. The molecule has 1 aromatic carbocycles. The summed E-state index contributed by atoms with van der Waals surface area (Å²) in [4.78, 5) is 13.8. The summed E-state index contributed by atoms with van der Waals surface area (Å²) in [6.45, 7) is 2.09. The Kier molecular flexibility index (Phi) is 8.47. The number of benzene rings is 1. The van der Waals surface area contributed by atoms with Gasteiger partial charge >= 0.3 is 6.03 Å². The van der Waals surface area contributed by atoms with Gasteiger partial charge in [-0.05, 0) is 25.0 Å². The Bertz CT molecular complexity index is 1000. The number of hydrogen-bond acceptors (Lipinski definition) is 7. The average Bonchev–Trinajstić information content (AvgIpc) is 2.85. The number of amides is 2. The maximum atomic E-state index is 15.0. The summed E-state index contributed by atoms with van der Waals surface area (Å²) in [5, 5.41) is 28.0. The van der Waals surface area contributed by atoms with Gasteiger partial charge < -0.3 is 42.0 Å². The van der Waals surface area contributed by atoms with Crippen LogP contribution in [0.4, 0.5) is 20.6 Å². The summed E-state index contributed by atoms with van der Waals surface area (Å²) in [6.07, 6.45) is 4.93. The maximum Gasteiger partial charge on any atom is 0.317 e. The van der Waals surface area contributed by atoms with E-state index in [1.165, 1.54) is 12.1 Å². The molecular weight excluding hydrogens is 439 g/mol. The van der Waals surface area contributed by atoms with Gasteiger partial charge in [0.15, 0.2) is 0 Å². The molecule has 0 bridgehead atoms. The van der Waals surface area contributed by atoms with E-state index in [2.05, 4.69) is 21.3 Å². The van der Waals surface area contributed by atoms with Crippen LogP contribution in [0.1, 0.15) is 24.8 Å². The van der Waals surface area contributed by atoms with Crippen molar-refractivity contribution >= 4 is 35.0 Å². The Morgan fingerprint density at radius 2 is 2.03 bits per heavy atom. The van der Waals surface area contributed by atoms with Gasteiger partial charge in [0, 0.05) is 86.8 Å². The summed E-state index contributed by atoms with van der Waals surface area (Å²) < 4.78 is 20.4. The molecule has 0 aromatic heterocycles. The molecule has 2 amide bonds. The Morgan fingerprint density at radius 1 is 1.29 bits per heavy atom. The Balaban J connectivity index is 1.87. The minimum absolute atomic E-state index is 0.00717. The zero-order valence-corrected chi connectivity index (χ0v) is 19.6. The van der Waals surface area contributed by atoms with Crippen LogP contribution in [0.2, 0.25) is 0 Å². The Labute approximate surface area is 198 Å². The van der Waals surface area contributed by atoms with Crippen LogP contribution in [-0.4, -0.2) is 69.4 Å². The normalized spacial score (nSPS) is 17.3. The Hall–Kier alpha value is -3.60. The highest BCUT2D eigenvalue weighted by Crippen LogP contribution is 2.28. The number of carbonyl (C=O) groups is 1. The number of halogens is 1. The monoisotopic (exact) mass is 472 g/mol. The third-order valence-corrected chi connectivity index (χ3v) is 5.91. The number of carbonyl (C=O) groups excluding carboxylic acids is 1. The van der Waals surface area contributed by atoms with Crippen LogP contribution in [0.3, 0.4) is 0 Å². The number of allylic oxidation sites excluding steroid dienone is 1. The van der Waals surface area contributed by atoms with E-state index < -0.39 is 5.82 Å². The maximum absolute atomic E-state index is 15.0. The molecule has 2 aliphatic rings. The van der Waals surface area contributed by atoms with Crippen LogP contribution < -0.4 is 27.0 Å². The van der Waals surface area contributed by atoms with Crippen LogP contribution in [0.25, 0.3) is 5.57 Å². The number of nitrogens with zero attached hydrogens (tertiary/aromatic N) is 1. The van der Waals surface area contributed by atoms with E-state index in [1.807, 2.05) is 0 Å². The van der Waals surface area contributed by atoms with Crippen molar-refractivity contribution in [2.45, 2.75) is 25.3 Å². The van der Waals surface area contributed by atoms with Crippen molar-refractivity contribution in [2.24, 2.45) is 0 Å². The second-order valence-corrected chi connectivity index (χ2v) is 8.17.